The number of anilines is 1. The molecule has 2 rings (SSSR count). The molecule has 1 amide bonds. The fourth-order valence-electron chi connectivity index (χ4n) is 2.15. The maximum absolute atomic E-state index is 11.9. The van der Waals surface area contributed by atoms with E-state index in [9.17, 15) is 9.59 Å². The van der Waals surface area contributed by atoms with Crippen LogP contribution in [0.2, 0.25) is 0 Å². The predicted molar refractivity (Wildman–Crippen MR) is 97.1 cm³/mol. The maximum Gasteiger partial charge on any atom is 0.310 e. The first kappa shape index (κ1) is 18.6. The second-order valence-electron chi connectivity index (χ2n) is 5.54. The van der Waals surface area contributed by atoms with Crippen molar-refractivity contribution in [3.63, 3.8) is 0 Å². The van der Waals surface area contributed by atoms with Crippen molar-refractivity contribution in [1.29, 1.82) is 5.26 Å². The lowest BCUT2D eigenvalue weighted by molar-refractivity contribution is -0.146. The van der Waals surface area contributed by atoms with Crippen molar-refractivity contribution in [3.05, 3.63) is 59.2 Å². The summed E-state index contributed by atoms with van der Waals surface area (Å²) in [5.74, 6) is -0.850. The van der Waals surface area contributed by atoms with E-state index in [0.717, 1.165) is 33.3 Å². The van der Waals surface area contributed by atoms with E-state index in [0.29, 0.717) is 5.69 Å². The molecule has 0 aliphatic carbocycles. The van der Waals surface area contributed by atoms with E-state index in [2.05, 4.69) is 5.32 Å². The smallest absolute Gasteiger partial charge is 0.310 e. The molecule has 5 nitrogen and oxygen atoms in total. The van der Waals surface area contributed by atoms with Gasteiger partial charge in [0.25, 0.3) is 5.91 Å². The number of carbonyl (C=O) groups excluding carboxylic acids is 2. The number of thioether (sulfide) groups is 1. The number of benzene rings is 2. The summed E-state index contributed by atoms with van der Waals surface area (Å²) in [6.07, 6.45) is 0.132. The molecule has 6 heteroatoms. The minimum atomic E-state index is -0.448. The number of hydrogen-bond donors (Lipinski definition) is 1. The lowest BCUT2D eigenvalue weighted by Crippen LogP contribution is -2.22. The summed E-state index contributed by atoms with van der Waals surface area (Å²) in [4.78, 5) is 24.5. The van der Waals surface area contributed by atoms with Crippen LogP contribution in [0.5, 0.6) is 0 Å². The lowest BCUT2D eigenvalue weighted by Gasteiger charge is -2.10. The number of nitriles is 1. The van der Waals surface area contributed by atoms with Gasteiger partial charge in [0, 0.05) is 10.6 Å². The van der Waals surface area contributed by atoms with E-state index in [1.165, 1.54) is 0 Å². The molecule has 0 aliphatic heterocycles. The van der Waals surface area contributed by atoms with Crippen LogP contribution in [-0.2, 0) is 20.7 Å². The van der Waals surface area contributed by atoms with Crippen LogP contribution in [0.3, 0.4) is 0 Å². The first-order valence-corrected chi connectivity index (χ1v) is 8.47. The SMILES string of the molecule is Cc1ccc(CC(=O)OCC(=O)Nc2ccc(SC#N)cc2C)cc1. The predicted octanol–water partition coefficient (Wildman–Crippen LogP) is 3.60. The van der Waals surface area contributed by atoms with Crippen LogP contribution < -0.4 is 5.32 Å². The topological polar surface area (TPSA) is 79.2 Å². The summed E-state index contributed by atoms with van der Waals surface area (Å²) in [7, 11) is 0. The first-order chi connectivity index (χ1) is 12.0. The van der Waals surface area contributed by atoms with Crippen molar-refractivity contribution in [2.75, 3.05) is 11.9 Å². The van der Waals surface area contributed by atoms with Gasteiger partial charge in [0.05, 0.1) is 6.42 Å². The Morgan fingerprint density at radius 1 is 1.16 bits per heavy atom. The van der Waals surface area contributed by atoms with Gasteiger partial charge in [-0.25, -0.2) is 0 Å². The third-order valence-corrected chi connectivity index (χ3v) is 4.05. The number of ether oxygens (including phenoxy) is 1. The summed E-state index contributed by atoms with van der Waals surface area (Å²) in [5.41, 5.74) is 3.42. The van der Waals surface area contributed by atoms with Crippen LogP contribution in [0.25, 0.3) is 0 Å². The number of aryl methyl sites for hydroxylation is 2. The number of hydrogen-bond acceptors (Lipinski definition) is 5. The van der Waals surface area contributed by atoms with Crippen LogP contribution in [0.1, 0.15) is 16.7 Å². The van der Waals surface area contributed by atoms with Gasteiger partial charge in [0.15, 0.2) is 6.61 Å². The normalized spacial score (nSPS) is 9.96. The highest BCUT2D eigenvalue weighted by Gasteiger charge is 2.10. The van der Waals surface area contributed by atoms with Gasteiger partial charge in [0.1, 0.15) is 5.40 Å². The summed E-state index contributed by atoms with van der Waals surface area (Å²) in [5, 5.41) is 13.4. The Bertz CT molecular complexity index is 810. The van der Waals surface area contributed by atoms with E-state index < -0.39 is 11.9 Å². The number of esters is 1. The van der Waals surface area contributed by atoms with Gasteiger partial charge in [-0.05, 0) is 54.9 Å². The van der Waals surface area contributed by atoms with E-state index in [1.54, 1.807) is 12.1 Å². The maximum atomic E-state index is 11.9. The van der Waals surface area contributed by atoms with E-state index in [4.69, 9.17) is 10.00 Å². The van der Waals surface area contributed by atoms with Crippen LogP contribution in [-0.4, -0.2) is 18.5 Å². The number of amides is 1. The minimum absolute atomic E-state index is 0.132. The molecular weight excluding hydrogens is 336 g/mol. The van der Waals surface area contributed by atoms with Gasteiger partial charge in [-0.1, -0.05) is 29.8 Å². The summed E-state index contributed by atoms with van der Waals surface area (Å²) in [6, 6.07) is 12.9. The van der Waals surface area contributed by atoms with Crippen molar-refractivity contribution >= 4 is 29.3 Å². The molecule has 0 aromatic heterocycles. The Morgan fingerprint density at radius 2 is 1.88 bits per heavy atom. The number of nitrogens with zero attached hydrogens (tertiary/aromatic N) is 1. The van der Waals surface area contributed by atoms with Gasteiger partial charge in [-0.3, -0.25) is 9.59 Å². The Kier molecular flexibility index (Phi) is 6.61. The number of thiocyanates is 1. The van der Waals surface area contributed by atoms with Crippen LogP contribution in [0, 0.1) is 24.5 Å². The Labute approximate surface area is 151 Å². The van der Waals surface area contributed by atoms with Crippen molar-refractivity contribution in [3.8, 4) is 5.40 Å². The Balaban J connectivity index is 1.83. The summed E-state index contributed by atoms with van der Waals surface area (Å²) in [6.45, 7) is 3.47. The van der Waals surface area contributed by atoms with Gasteiger partial charge < -0.3 is 10.1 Å². The van der Waals surface area contributed by atoms with Crippen molar-refractivity contribution in [1.82, 2.24) is 0 Å². The zero-order valence-corrected chi connectivity index (χ0v) is 14.9. The standard InChI is InChI=1S/C19H18N2O3S/c1-13-3-5-15(6-4-13)10-19(23)24-11-18(22)21-17-8-7-16(25-12-20)9-14(17)2/h3-9H,10-11H2,1-2H3,(H,21,22). The molecule has 128 valence electrons. The molecule has 2 aromatic rings. The highest BCUT2D eigenvalue weighted by atomic mass is 32.2. The summed E-state index contributed by atoms with van der Waals surface area (Å²) < 4.78 is 5.01. The molecule has 0 atom stereocenters. The molecule has 2 aromatic carbocycles. The fourth-order valence-corrected chi connectivity index (χ4v) is 2.63. The molecule has 0 radical (unpaired) electrons. The molecule has 0 bridgehead atoms. The van der Waals surface area contributed by atoms with Crippen molar-refractivity contribution in [2.45, 2.75) is 25.2 Å². The zero-order chi connectivity index (χ0) is 18.2. The molecule has 0 unspecified atom stereocenters. The van der Waals surface area contributed by atoms with E-state index in [-0.39, 0.29) is 13.0 Å². The van der Waals surface area contributed by atoms with Crippen LogP contribution in [0.4, 0.5) is 5.69 Å². The zero-order valence-electron chi connectivity index (χ0n) is 14.0. The number of carbonyl (C=O) groups is 2. The second-order valence-corrected chi connectivity index (χ2v) is 6.40. The van der Waals surface area contributed by atoms with Gasteiger partial charge in [0.2, 0.25) is 0 Å². The molecule has 0 saturated heterocycles. The number of nitrogens with one attached hydrogen (secondary N) is 1. The monoisotopic (exact) mass is 354 g/mol. The third-order valence-electron chi connectivity index (χ3n) is 3.47. The van der Waals surface area contributed by atoms with Crippen molar-refractivity contribution < 1.29 is 14.3 Å². The third kappa shape index (κ3) is 5.98. The first-order valence-electron chi connectivity index (χ1n) is 7.65. The average Bonchev–Trinajstić information content (AvgIpc) is 2.58. The molecule has 0 aliphatic rings. The number of rotatable bonds is 6. The van der Waals surface area contributed by atoms with E-state index in [1.807, 2.05) is 49.6 Å². The highest BCUT2D eigenvalue weighted by Crippen LogP contribution is 2.23. The Hall–Kier alpha value is -2.78. The lowest BCUT2D eigenvalue weighted by atomic mass is 10.1. The minimum Gasteiger partial charge on any atom is -0.455 e. The van der Waals surface area contributed by atoms with Gasteiger partial charge in [-0.2, -0.15) is 5.26 Å². The average molecular weight is 354 g/mol. The Morgan fingerprint density at radius 3 is 2.52 bits per heavy atom. The van der Waals surface area contributed by atoms with Crippen LogP contribution >= 0.6 is 11.8 Å². The molecular formula is C19H18N2O3S. The fraction of sp³-hybridized carbons (Fsp3) is 0.211. The van der Waals surface area contributed by atoms with Crippen molar-refractivity contribution in [2.24, 2.45) is 0 Å². The van der Waals surface area contributed by atoms with E-state index >= 15 is 0 Å². The molecule has 0 heterocycles. The molecule has 1 N–H and O–H groups in total. The highest BCUT2D eigenvalue weighted by molar-refractivity contribution is 8.03. The molecule has 0 fully saturated rings. The van der Waals surface area contributed by atoms with Crippen LogP contribution in [0.15, 0.2) is 47.4 Å². The molecule has 25 heavy (non-hydrogen) atoms. The van der Waals surface area contributed by atoms with Gasteiger partial charge in [-0.15, -0.1) is 0 Å². The summed E-state index contributed by atoms with van der Waals surface area (Å²) >= 11 is 1.06. The van der Waals surface area contributed by atoms with Gasteiger partial charge >= 0.3 is 5.97 Å². The molecule has 0 saturated carbocycles. The second kappa shape index (κ2) is 8.90. The largest absolute Gasteiger partial charge is 0.455 e. The quantitative estimate of drug-likeness (QED) is 0.487. The molecule has 0 spiro atoms.